The van der Waals surface area contributed by atoms with Gasteiger partial charge in [-0.15, -0.1) is 0 Å². The van der Waals surface area contributed by atoms with Crippen LogP contribution in [0.3, 0.4) is 0 Å². The number of hydrogen-bond acceptors (Lipinski definition) is 3. The van der Waals surface area contributed by atoms with Gasteiger partial charge in [-0.05, 0) is 12.1 Å². The second-order valence-corrected chi connectivity index (χ2v) is 3.15. The average molecular weight is 207 g/mol. The highest BCUT2D eigenvalue weighted by Gasteiger charge is 2.22. The molecule has 5 heteroatoms. The van der Waals surface area contributed by atoms with Crippen LogP contribution in [0, 0.1) is 0 Å². The molecule has 1 aromatic rings. The number of rotatable bonds is 0. The van der Waals surface area contributed by atoms with Gasteiger partial charge in [-0.3, -0.25) is 9.59 Å². The zero-order valence-electron chi connectivity index (χ0n) is 8.49. The molecule has 2 amide bonds. The second-order valence-electron chi connectivity index (χ2n) is 3.15. The van der Waals surface area contributed by atoms with Gasteiger partial charge in [-0.1, -0.05) is 12.1 Å². The summed E-state index contributed by atoms with van der Waals surface area (Å²) in [5, 5.41) is 2.55. The molecule has 0 bridgehead atoms. The third kappa shape index (κ3) is 1.82. The standard InChI is InChI=1S/C10H10N2O2.H3N/c1-12-8-5-3-2-4-7(8)10(14)11-6-9(12)13;/h2-5H,6H2,1H3,(H,11,14);1H3. The Kier molecular flexibility index (Phi) is 3.06. The van der Waals surface area contributed by atoms with E-state index < -0.39 is 0 Å². The molecule has 1 aliphatic rings. The van der Waals surface area contributed by atoms with E-state index in [9.17, 15) is 9.59 Å². The van der Waals surface area contributed by atoms with Crippen LogP contribution >= 0.6 is 0 Å². The zero-order chi connectivity index (χ0) is 10.1. The maximum absolute atomic E-state index is 11.5. The van der Waals surface area contributed by atoms with Crippen LogP contribution in [-0.2, 0) is 4.79 Å². The van der Waals surface area contributed by atoms with Crippen molar-refractivity contribution >= 4 is 17.5 Å². The molecule has 0 saturated carbocycles. The highest BCUT2D eigenvalue weighted by Crippen LogP contribution is 2.20. The molecule has 1 heterocycles. The van der Waals surface area contributed by atoms with Crippen LogP contribution in [0.15, 0.2) is 24.3 Å². The third-order valence-corrected chi connectivity index (χ3v) is 2.28. The maximum atomic E-state index is 11.5. The molecule has 0 unspecified atom stereocenters. The van der Waals surface area contributed by atoms with Crippen LogP contribution in [0.5, 0.6) is 0 Å². The SMILES string of the molecule is CN1C(=O)CNC(=O)c2ccccc21.N. The van der Waals surface area contributed by atoms with Crippen molar-refractivity contribution in [2.24, 2.45) is 0 Å². The number of carbonyl (C=O) groups is 2. The van der Waals surface area contributed by atoms with Crippen LogP contribution < -0.4 is 16.4 Å². The molecule has 0 aromatic heterocycles. The van der Waals surface area contributed by atoms with Crippen molar-refractivity contribution in [1.29, 1.82) is 0 Å². The van der Waals surface area contributed by atoms with Crippen molar-refractivity contribution in [1.82, 2.24) is 11.5 Å². The van der Waals surface area contributed by atoms with E-state index in [0.29, 0.717) is 11.3 Å². The lowest BCUT2D eigenvalue weighted by molar-refractivity contribution is -0.117. The summed E-state index contributed by atoms with van der Waals surface area (Å²) in [7, 11) is 1.67. The predicted molar refractivity (Wildman–Crippen MR) is 57.2 cm³/mol. The predicted octanol–water partition coefficient (Wildman–Crippen LogP) is 0.555. The Hall–Kier alpha value is -1.88. The van der Waals surface area contributed by atoms with Crippen LogP contribution in [0.1, 0.15) is 10.4 Å². The molecule has 0 atom stereocenters. The fourth-order valence-corrected chi connectivity index (χ4v) is 1.46. The van der Waals surface area contributed by atoms with Gasteiger partial charge in [0.25, 0.3) is 5.91 Å². The molecule has 0 radical (unpaired) electrons. The van der Waals surface area contributed by atoms with Gasteiger partial charge >= 0.3 is 0 Å². The van der Waals surface area contributed by atoms with Gasteiger partial charge in [0.15, 0.2) is 0 Å². The minimum Gasteiger partial charge on any atom is -0.344 e. The number of fused-ring (bicyclic) bond motifs is 1. The molecule has 5 nitrogen and oxygen atoms in total. The lowest BCUT2D eigenvalue weighted by Gasteiger charge is -2.15. The van der Waals surface area contributed by atoms with Gasteiger partial charge in [0.2, 0.25) is 5.91 Å². The minimum atomic E-state index is -0.196. The van der Waals surface area contributed by atoms with E-state index in [2.05, 4.69) is 5.32 Å². The van der Waals surface area contributed by atoms with Crippen LogP contribution in [0.4, 0.5) is 5.69 Å². The quantitative estimate of drug-likeness (QED) is 0.651. The number of carbonyl (C=O) groups excluding carboxylic acids is 2. The van der Waals surface area contributed by atoms with Crippen molar-refractivity contribution in [3.8, 4) is 0 Å². The van der Waals surface area contributed by atoms with E-state index in [0.717, 1.165) is 0 Å². The molecule has 2 rings (SSSR count). The van der Waals surface area contributed by atoms with Gasteiger partial charge in [-0.25, -0.2) is 0 Å². The summed E-state index contributed by atoms with van der Waals surface area (Å²) in [5.74, 6) is -0.304. The fraction of sp³-hybridized carbons (Fsp3) is 0.200. The second kappa shape index (κ2) is 4.10. The largest absolute Gasteiger partial charge is 0.344 e. The van der Waals surface area contributed by atoms with E-state index in [1.165, 1.54) is 4.90 Å². The van der Waals surface area contributed by atoms with E-state index in [1.54, 1.807) is 31.3 Å². The van der Waals surface area contributed by atoms with E-state index >= 15 is 0 Å². The summed E-state index contributed by atoms with van der Waals surface area (Å²) in [6, 6.07) is 7.06. The Morgan fingerprint density at radius 2 is 1.93 bits per heavy atom. The maximum Gasteiger partial charge on any atom is 0.253 e. The molecule has 80 valence electrons. The Morgan fingerprint density at radius 1 is 1.27 bits per heavy atom. The lowest BCUT2D eigenvalue weighted by atomic mass is 10.1. The molecular formula is C10H13N3O2. The van der Waals surface area contributed by atoms with Gasteiger partial charge in [-0.2, -0.15) is 0 Å². The monoisotopic (exact) mass is 207 g/mol. The first-order valence-electron chi connectivity index (χ1n) is 4.34. The first-order chi connectivity index (χ1) is 6.70. The number of nitrogens with zero attached hydrogens (tertiary/aromatic N) is 1. The van der Waals surface area contributed by atoms with Gasteiger partial charge in [0.05, 0.1) is 17.8 Å². The molecule has 0 aliphatic carbocycles. The molecule has 1 aliphatic heterocycles. The molecule has 0 spiro atoms. The number of amides is 2. The molecular weight excluding hydrogens is 194 g/mol. The third-order valence-electron chi connectivity index (χ3n) is 2.28. The first kappa shape index (κ1) is 11.2. The lowest BCUT2D eigenvalue weighted by Crippen LogP contribution is -2.33. The normalized spacial score (nSPS) is 14.9. The Morgan fingerprint density at radius 3 is 2.67 bits per heavy atom. The van der Waals surface area contributed by atoms with Crippen molar-refractivity contribution in [2.45, 2.75) is 0 Å². The summed E-state index contributed by atoms with van der Waals surface area (Å²) in [4.78, 5) is 24.4. The smallest absolute Gasteiger partial charge is 0.253 e. The van der Waals surface area contributed by atoms with Crippen molar-refractivity contribution in [3.63, 3.8) is 0 Å². The Balaban J connectivity index is 0.00000112. The van der Waals surface area contributed by atoms with Crippen LogP contribution in [-0.4, -0.2) is 25.4 Å². The molecule has 1 aromatic carbocycles. The minimum absolute atomic E-state index is 0. The molecule has 15 heavy (non-hydrogen) atoms. The van der Waals surface area contributed by atoms with Gasteiger partial charge in [0, 0.05) is 7.05 Å². The van der Waals surface area contributed by atoms with Crippen LogP contribution in [0.25, 0.3) is 0 Å². The average Bonchev–Trinajstić information content (AvgIpc) is 2.33. The summed E-state index contributed by atoms with van der Waals surface area (Å²) < 4.78 is 0. The fourth-order valence-electron chi connectivity index (χ4n) is 1.46. The topological polar surface area (TPSA) is 84.4 Å². The number of likely N-dealkylation sites (N-methyl/N-ethyl adjacent to an activating group) is 1. The van der Waals surface area contributed by atoms with E-state index in [4.69, 9.17) is 0 Å². The molecule has 0 saturated heterocycles. The zero-order valence-corrected chi connectivity index (χ0v) is 8.49. The van der Waals surface area contributed by atoms with Crippen molar-refractivity contribution < 1.29 is 9.59 Å². The van der Waals surface area contributed by atoms with Crippen molar-refractivity contribution in [3.05, 3.63) is 29.8 Å². The number of anilines is 1. The Labute approximate surface area is 87.7 Å². The summed E-state index contributed by atoms with van der Waals surface area (Å²) in [5.41, 5.74) is 1.20. The van der Waals surface area contributed by atoms with Gasteiger partial charge in [0.1, 0.15) is 0 Å². The number of para-hydroxylation sites is 1. The summed E-state index contributed by atoms with van der Waals surface area (Å²) in [6.45, 7) is 0.0595. The highest BCUT2D eigenvalue weighted by atomic mass is 16.2. The van der Waals surface area contributed by atoms with Crippen molar-refractivity contribution in [2.75, 3.05) is 18.5 Å². The Bertz CT molecular complexity index is 403. The summed E-state index contributed by atoms with van der Waals surface area (Å²) >= 11 is 0. The number of nitrogens with one attached hydrogen (secondary N) is 1. The van der Waals surface area contributed by atoms with Crippen LogP contribution in [0.2, 0.25) is 0 Å². The number of benzene rings is 1. The molecule has 0 fully saturated rings. The van der Waals surface area contributed by atoms with Gasteiger partial charge < -0.3 is 16.4 Å². The highest BCUT2D eigenvalue weighted by molar-refractivity contribution is 6.09. The van der Waals surface area contributed by atoms with E-state index in [1.807, 2.05) is 0 Å². The first-order valence-corrected chi connectivity index (χ1v) is 4.34. The molecule has 4 N–H and O–H groups in total. The summed E-state index contributed by atoms with van der Waals surface area (Å²) in [6.07, 6.45) is 0. The number of hydrogen-bond donors (Lipinski definition) is 2. The van der Waals surface area contributed by atoms with E-state index in [-0.39, 0.29) is 24.5 Å².